The largest absolute Gasteiger partial charge is 0.271 e. The Balaban J connectivity index is 2.19. The molecule has 3 nitrogen and oxygen atoms in total. The van der Waals surface area contributed by atoms with Crippen molar-refractivity contribution in [2.24, 2.45) is 5.84 Å². The van der Waals surface area contributed by atoms with E-state index in [0.717, 1.165) is 22.3 Å². The molecule has 19 heavy (non-hydrogen) atoms. The first-order chi connectivity index (χ1) is 9.10. The average molecular weight is 328 g/mol. The van der Waals surface area contributed by atoms with Crippen molar-refractivity contribution in [1.82, 2.24) is 10.4 Å². The average Bonchev–Trinajstić information content (AvgIpc) is 2.41. The molecule has 100 valence electrons. The van der Waals surface area contributed by atoms with Crippen molar-refractivity contribution in [3.63, 3.8) is 0 Å². The summed E-state index contributed by atoms with van der Waals surface area (Å²) in [5.74, 6) is 3.71. The first-order valence-corrected chi connectivity index (χ1v) is 6.41. The summed E-state index contributed by atoms with van der Waals surface area (Å²) >= 11 is 3.30. The van der Waals surface area contributed by atoms with Crippen LogP contribution in [0.25, 0.3) is 0 Å². The number of rotatable bonds is 4. The highest BCUT2D eigenvalue weighted by Crippen LogP contribution is 2.20. The molecule has 1 heterocycles. The molecule has 1 aromatic heterocycles. The van der Waals surface area contributed by atoms with E-state index in [9.17, 15) is 8.78 Å². The van der Waals surface area contributed by atoms with Gasteiger partial charge in [-0.25, -0.2) is 8.78 Å². The third-order valence-electron chi connectivity index (χ3n) is 2.75. The zero-order valence-corrected chi connectivity index (χ0v) is 11.5. The molecule has 1 aromatic carbocycles. The fourth-order valence-electron chi connectivity index (χ4n) is 1.74. The van der Waals surface area contributed by atoms with Crippen LogP contribution in [0.1, 0.15) is 17.3 Å². The third-order valence-corrected chi connectivity index (χ3v) is 3.22. The van der Waals surface area contributed by atoms with E-state index in [1.807, 2.05) is 12.1 Å². The Labute approximate surface area is 117 Å². The summed E-state index contributed by atoms with van der Waals surface area (Å²) in [7, 11) is 0. The van der Waals surface area contributed by atoms with Gasteiger partial charge in [-0.05, 0) is 45.8 Å². The number of benzene rings is 1. The van der Waals surface area contributed by atoms with E-state index in [2.05, 4.69) is 26.3 Å². The monoisotopic (exact) mass is 327 g/mol. The van der Waals surface area contributed by atoms with Crippen molar-refractivity contribution in [3.05, 3.63) is 63.9 Å². The smallest absolute Gasteiger partial charge is 0.159 e. The topological polar surface area (TPSA) is 50.9 Å². The van der Waals surface area contributed by atoms with Gasteiger partial charge in [0.25, 0.3) is 0 Å². The summed E-state index contributed by atoms with van der Waals surface area (Å²) in [6.07, 6.45) is 2.16. The van der Waals surface area contributed by atoms with Crippen LogP contribution < -0.4 is 11.3 Å². The lowest BCUT2D eigenvalue weighted by atomic mass is 10.0. The lowest BCUT2D eigenvalue weighted by Gasteiger charge is -2.16. The van der Waals surface area contributed by atoms with E-state index < -0.39 is 11.6 Å². The van der Waals surface area contributed by atoms with Crippen LogP contribution in [0.15, 0.2) is 41.0 Å². The summed E-state index contributed by atoms with van der Waals surface area (Å²) in [4.78, 5) is 4.22. The van der Waals surface area contributed by atoms with Crippen LogP contribution in [-0.2, 0) is 6.42 Å². The number of nitrogens with two attached hydrogens (primary N) is 1. The highest BCUT2D eigenvalue weighted by molar-refractivity contribution is 9.10. The number of nitrogens with one attached hydrogen (secondary N) is 1. The van der Waals surface area contributed by atoms with Crippen LogP contribution in [0.5, 0.6) is 0 Å². The van der Waals surface area contributed by atoms with E-state index in [1.165, 1.54) is 6.07 Å². The van der Waals surface area contributed by atoms with Crippen LogP contribution in [-0.4, -0.2) is 4.98 Å². The van der Waals surface area contributed by atoms with Crippen LogP contribution in [0, 0.1) is 11.6 Å². The van der Waals surface area contributed by atoms with Gasteiger partial charge in [-0.2, -0.15) is 0 Å². The zero-order valence-electron chi connectivity index (χ0n) is 9.91. The highest BCUT2D eigenvalue weighted by Gasteiger charge is 2.13. The van der Waals surface area contributed by atoms with Gasteiger partial charge in [0.15, 0.2) is 11.6 Å². The minimum Gasteiger partial charge on any atom is -0.271 e. The number of hydrogen-bond donors (Lipinski definition) is 2. The number of nitrogens with zero attached hydrogens (tertiary/aromatic N) is 1. The molecule has 0 saturated heterocycles. The van der Waals surface area contributed by atoms with Crippen LogP contribution in [0.4, 0.5) is 8.78 Å². The molecule has 0 aliphatic rings. The first kappa shape index (κ1) is 14.0. The van der Waals surface area contributed by atoms with Gasteiger partial charge in [-0.1, -0.05) is 6.07 Å². The van der Waals surface area contributed by atoms with Gasteiger partial charge in [-0.15, -0.1) is 0 Å². The fraction of sp³-hybridized carbons (Fsp3) is 0.154. The quantitative estimate of drug-likeness (QED) is 0.670. The molecule has 0 saturated carbocycles. The molecule has 1 unspecified atom stereocenters. The van der Waals surface area contributed by atoms with Gasteiger partial charge < -0.3 is 0 Å². The number of halogens is 3. The normalized spacial score (nSPS) is 12.4. The van der Waals surface area contributed by atoms with Gasteiger partial charge in [0, 0.05) is 22.8 Å². The molecular weight excluding hydrogens is 316 g/mol. The maximum absolute atomic E-state index is 13.2. The standard InChI is InChI=1S/C13H12BrF2N3/c14-9-2-3-10(18-7-9)6-13(19-17)8-1-4-11(15)12(16)5-8/h1-5,7,13,19H,6,17H2. The Kier molecular flexibility index (Phi) is 4.57. The van der Waals surface area contributed by atoms with Crippen molar-refractivity contribution < 1.29 is 8.78 Å². The SMILES string of the molecule is NNC(Cc1ccc(Br)cn1)c1ccc(F)c(F)c1. The molecular formula is C13H12BrF2N3. The Morgan fingerprint density at radius 3 is 2.58 bits per heavy atom. The minimum absolute atomic E-state index is 0.330. The second-order valence-corrected chi connectivity index (χ2v) is 4.98. The minimum atomic E-state index is -0.887. The molecule has 1 atom stereocenters. The lowest BCUT2D eigenvalue weighted by Crippen LogP contribution is -2.30. The van der Waals surface area contributed by atoms with Crippen molar-refractivity contribution in [2.45, 2.75) is 12.5 Å². The Morgan fingerprint density at radius 1 is 1.21 bits per heavy atom. The lowest BCUT2D eigenvalue weighted by molar-refractivity contribution is 0.496. The summed E-state index contributed by atoms with van der Waals surface area (Å²) in [6, 6.07) is 7.10. The molecule has 2 rings (SSSR count). The second kappa shape index (κ2) is 6.18. The number of hydrogen-bond acceptors (Lipinski definition) is 3. The Hall–Kier alpha value is -1.37. The molecule has 0 aliphatic heterocycles. The van der Waals surface area contributed by atoms with Crippen molar-refractivity contribution >= 4 is 15.9 Å². The van der Waals surface area contributed by atoms with Gasteiger partial charge in [-0.3, -0.25) is 16.3 Å². The van der Waals surface area contributed by atoms with E-state index in [1.54, 1.807) is 6.20 Å². The summed E-state index contributed by atoms with van der Waals surface area (Å²) in [6.45, 7) is 0. The second-order valence-electron chi connectivity index (χ2n) is 4.06. The van der Waals surface area contributed by atoms with Crippen molar-refractivity contribution in [3.8, 4) is 0 Å². The van der Waals surface area contributed by atoms with E-state index in [-0.39, 0.29) is 6.04 Å². The van der Waals surface area contributed by atoms with Crippen LogP contribution in [0.3, 0.4) is 0 Å². The summed E-state index contributed by atoms with van der Waals surface area (Å²) in [5, 5.41) is 0. The summed E-state index contributed by atoms with van der Waals surface area (Å²) in [5.41, 5.74) is 3.96. The summed E-state index contributed by atoms with van der Waals surface area (Å²) < 4.78 is 27.0. The zero-order chi connectivity index (χ0) is 13.8. The fourth-order valence-corrected chi connectivity index (χ4v) is 1.97. The van der Waals surface area contributed by atoms with E-state index in [4.69, 9.17) is 5.84 Å². The van der Waals surface area contributed by atoms with Crippen molar-refractivity contribution in [1.29, 1.82) is 0 Å². The van der Waals surface area contributed by atoms with Gasteiger partial charge in [0.1, 0.15) is 0 Å². The Bertz CT molecular complexity index is 560. The van der Waals surface area contributed by atoms with E-state index >= 15 is 0 Å². The first-order valence-electron chi connectivity index (χ1n) is 5.61. The van der Waals surface area contributed by atoms with Gasteiger partial charge in [0.2, 0.25) is 0 Å². The molecule has 0 amide bonds. The third kappa shape index (κ3) is 3.56. The van der Waals surface area contributed by atoms with Gasteiger partial charge >= 0.3 is 0 Å². The molecule has 0 bridgehead atoms. The molecule has 0 fully saturated rings. The number of aromatic nitrogens is 1. The predicted octanol–water partition coefficient (Wildman–Crippen LogP) is 2.87. The molecule has 0 radical (unpaired) electrons. The number of pyridine rings is 1. The molecule has 0 spiro atoms. The number of hydrazine groups is 1. The maximum atomic E-state index is 13.2. The van der Waals surface area contributed by atoms with Gasteiger partial charge in [0.05, 0.1) is 6.04 Å². The molecule has 3 N–H and O–H groups in total. The Morgan fingerprint density at radius 2 is 2.00 bits per heavy atom. The van der Waals surface area contributed by atoms with Crippen LogP contribution in [0.2, 0.25) is 0 Å². The van der Waals surface area contributed by atoms with Crippen molar-refractivity contribution in [2.75, 3.05) is 0 Å². The molecule has 0 aliphatic carbocycles. The molecule has 2 aromatic rings. The maximum Gasteiger partial charge on any atom is 0.159 e. The van der Waals surface area contributed by atoms with E-state index in [0.29, 0.717) is 12.0 Å². The molecule has 6 heteroatoms. The highest BCUT2D eigenvalue weighted by atomic mass is 79.9. The predicted molar refractivity (Wildman–Crippen MR) is 72.1 cm³/mol. The van der Waals surface area contributed by atoms with Crippen LogP contribution >= 0.6 is 15.9 Å².